The molecule has 0 aliphatic heterocycles. The standard InChI is InChI=1S/C13H19NO6S/c1-5-10(13(15)16)14(2)21(17,18)12-8-9(19-3)6-7-11(12)20-4/h6-8,10H,5H2,1-4H3,(H,15,16). The van der Waals surface area contributed by atoms with Crippen LogP contribution in [0.15, 0.2) is 23.1 Å². The maximum absolute atomic E-state index is 12.6. The number of aliphatic carboxylic acids is 1. The van der Waals surface area contributed by atoms with E-state index in [1.807, 2.05) is 0 Å². The van der Waals surface area contributed by atoms with Gasteiger partial charge in [0.25, 0.3) is 0 Å². The fourth-order valence-corrected chi connectivity index (χ4v) is 3.45. The van der Waals surface area contributed by atoms with Gasteiger partial charge in [-0.15, -0.1) is 0 Å². The molecule has 1 N–H and O–H groups in total. The molecule has 8 heteroatoms. The van der Waals surface area contributed by atoms with Crippen molar-refractivity contribution in [3.63, 3.8) is 0 Å². The molecule has 0 saturated heterocycles. The summed E-state index contributed by atoms with van der Waals surface area (Å²) in [5.41, 5.74) is 0. The molecule has 118 valence electrons. The third-order valence-electron chi connectivity index (χ3n) is 3.14. The molecule has 1 atom stereocenters. The Balaban J connectivity index is 3.38. The van der Waals surface area contributed by atoms with E-state index < -0.39 is 22.0 Å². The summed E-state index contributed by atoms with van der Waals surface area (Å²) in [7, 11) is -0.0372. The fourth-order valence-electron chi connectivity index (χ4n) is 1.90. The van der Waals surface area contributed by atoms with Crippen LogP contribution in [0, 0.1) is 0 Å². The van der Waals surface area contributed by atoms with E-state index in [1.165, 1.54) is 33.4 Å². The van der Waals surface area contributed by atoms with Crippen molar-refractivity contribution < 1.29 is 27.8 Å². The second-order valence-corrected chi connectivity index (χ2v) is 6.27. The molecule has 0 bridgehead atoms. The lowest BCUT2D eigenvalue weighted by molar-refractivity contribution is -0.141. The summed E-state index contributed by atoms with van der Waals surface area (Å²) in [6.07, 6.45) is 0.150. The summed E-state index contributed by atoms with van der Waals surface area (Å²) >= 11 is 0. The summed E-state index contributed by atoms with van der Waals surface area (Å²) in [6.45, 7) is 1.60. The van der Waals surface area contributed by atoms with Crippen molar-refractivity contribution >= 4 is 16.0 Å². The minimum absolute atomic E-state index is 0.128. The van der Waals surface area contributed by atoms with Crippen LogP contribution < -0.4 is 9.47 Å². The van der Waals surface area contributed by atoms with Gasteiger partial charge in [-0.1, -0.05) is 6.92 Å². The van der Waals surface area contributed by atoms with E-state index in [1.54, 1.807) is 13.0 Å². The fraction of sp³-hybridized carbons (Fsp3) is 0.462. The number of rotatable bonds is 7. The van der Waals surface area contributed by atoms with Crippen LogP contribution in [-0.2, 0) is 14.8 Å². The monoisotopic (exact) mass is 317 g/mol. The van der Waals surface area contributed by atoms with Gasteiger partial charge in [0.05, 0.1) is 14.2 Å². The Bertz CT molecular complexity index is 613. The molecule has 0 spiro atoms. The van der Waals surface area contributed by atoms with E-state index in [0.717, 1.165) is 4.31 Å². The van der Waals surface area contributed by atoms with Crippen LogP contribution in [0.1, 0.15) is 13.3 Å². The van der Waals surface area contributed by atoms with Gasteiger partial charge in [-0.25, -0.2) is 8.42 Å². The largest absolute Gasteiger partial charge is 0.497 e. The van der Waals surface area contributed by atoms with Gasteiger partial charge in [0.1, 0.15) is 22.4 Å². The average Bonchev–Trinajstić information content (AvgIpc) is 2.46. The molecule has 7 nitrogen and oxygen atoms in total. The Hall–Kier alpha value is -1.80. The Morgan fingerprint density at radius 2 is 1.95 bits per heavy atom. The van der Waals surface area contributed by atoms with Crippen LogP contribution in [0.3, 0.4) is 0 Å². The first-order valence-electron chi connectivity index (χ1n) is 6.22. The molecule has 0 aromatic heterocycles. The van der Waals surface area contributed by atoms with Crippen molar-refractivity contribution in [2.75, 3.05) is 21.3 Å². The lowest BCUT2D eigenvalue weighted by atomic mass is 10.2. The van der Waals surface area contributed by atoms with Gasteiger partial charge in [0, 0.05) is 13.1 Å². The zero-order valence-electron chi connectivity index (χ0n) is 12.4. The number of carbonyl (C=O) groups is 1. The van der Waals surface area contributed by atoms with Crippen molar-refractivity contribution in [1.82, 2.24) is 4.31 Å². The zero-order valence-corrected chi connectivity index (χ0v) is 13.2. The number of methoxy groups -OCH3 is 2. The number of hydrogen-bond donors (Lipinski definition) is 1. The van der Waals surface area contributed by atoms with Gasteiger partial charge in [0.2, 0.25) is 10.0 Å². The van der Waals surface area contributed by atoms with Crippen LogP contribution in [-0.4, -0.2) is 51.1 Å². The highest BCUT2D eigenvalue weighted by atomic mass is 32.2. The number of benzene rings is 1. The summed E-state index contributed by atoms with van der Waals surface area (Å²) in [5.74, 6) is -0.737. The van der Waals surface area contributed by atoms with Gasteiger partial charge in [-0.3, -0.25) is 4.79 Å². The first-order chi connectivity index (χ1) is 9.79. The molecule has 1 unspecified atom stereocenters. The van der Waals surface area contributed by atoms with E-state index in [4.69, 9.17) is 14.6 Å². The van der Waals surface area contributed by atoms with Gasteiger partial charge in [-0.05, 0) is 18.6 Å². The van der Waals surface area contributed by atoms with Crippen molar-refractivity contribution in [3.8, 4) is 11.5 Å². The molecule has 21 heavy (non-hydrogen) atoms. The number of nitrogens with zero attached hydrogens (tertiary/aromatic N) is 1. The molecule has 0 amide bonds. The molecule has 1 aromatic carbocycles. The highest BCUT2D eigenvalue weighted by molar-refractivity contribution is 7.89. The molecule has 0 aliphatic rings. The van der Waals surface area contributed by atoms with Crippen molar-refractivity contribution in [2.45, 2.75) is 24.3 Å². The normalized spacial score (nSPS) is 13.0. The van der Waals surface area contributed by atoms with Crippen LogP contribution in [0.5, 0.6) is 11.5 Å². The molecule has 1 rings (SSSR count). The smallest absolute Gasteiger partial charge is 0.321 e. The summed E-state index contributed by atoms with van der Waals surface area (Å²) in [6, 6.07) is 3.18. The molecule has 0 heterocycles. The quantitative estimate of drug-likeness (QED) is 0.812. The van der Waals surface area contributed by atoms with Gasteiger partial charge < -0.3 is 14.6 Å². The average molecular weight is 317 g/mol. The van der Waals surface area contributed by atoms with Crippen LogP contribution in [0.25, 0.3) is 0 Å². The molecular weight excluding hydrogens is 298 g/mol. The Morgan fingerprint density at radius 3 is 2.38 bits per heavy atom. The summed E-state index contributed by atoms with van der Waals surface area (Å²) in [4.78, 5) is 11.0. The van der Waals surface area contributed by atoms with Crippen molar-refractivity contribution in [3.05, 3.63) is 18.2 Å². The lowest BCUT2D eigenvalue weighted by Crippen LogP contribution is -2.41. The highest BCUT2D eigenvalue weighted by Gasteiger charge is 2.33. The van der Waals surface area contributed by atoms with Crippen LogP contribution >= 0.6 is 0 Å². The Kier molecular flexibility index (Phi) is 5.56. The minimum Gasteiger partial charge on any atom is -0.497 e. The summed E-state index contributed by atoms with van der Waals surface area (Å²) in [5, 5.41) is 9.12. The van der Waals surface area contributed by atoms with Crippen molar-refractivity contribution in [2.24, 2.45) is 0 Å². The highest BCUT2D eigenvalue weighted by Crippen LogP contribution is 2.31. The second-order valence-electron chi connectivity index (χ2n) is 4.30. The number of carboxylic acid groups (broad SMARTS) is 1. The number of sulfonamides is 1. The zero-order chi connectivity index (χ0) is 16.2. The van der Waals surface area contributed by atoms with Crippen LogP contribution in [0.2, 0.25) is 0 Å². The predicted octanol–water partition coefficient (Wildman–Crippen LogP) is 1.19. The SMILES string of the molecule is CCC(C(=O)O)N(C)S(=O)(=O)c1cc(OC)ccc1OC. The number of hydrogen-bond acceptors (Lipinski definition) is 5. The first kappa shape index (κ1) is 17.3. The second kappa shape index (κ2) is 6.77. The maximum Gasteiger partial charge on any atom is 0.321 e. The summed E-state index contributed by atoms with van der Waals surface area (Å²) < 4.78 is 36.1. The topological polar surface area (TPSA) is 93.1 Å². The van der Waals surface area contributed by atoms with E-state index in [-0.39, 0.29) is 17.1 Å². The number of carboxylic acids is 1. The van der Waals surface area contributed by atoms with Gasteiger partial charge >= 0.3 is 5.97 Å². The van der Waals surface area contributed by atoms with Gasteiger partial charge in [0.15, 0.2) is 0 Å². The van der Waals surface area contributed by atoms with E-state index in [2.05, 4.69) is 0 Å². The van der Waals surface area contributed by atoms with Crippen molar-refractivity contribution in [1.29, 1.82) is 0 Å². The molecule has 0 radical (unpaired) electrons. The number of likely N-dealkylation sites (N-methyl/N-ethyl adjacent to an activating group) is 1. The molecule has 1 aromatic rings. The minimum atomic E-state index is -4.02. The maximum atomic E-state index is 12.6. The molecule has 0 saturated carbocycles. The molecule has 0 aliphatic carbocycles. The van der Waals surface area contributed by atoms with E-state index >= 15 is 0 Å². The first-order valence-corrected chi connectivity index (χ1v) is 7.66. The van der Waals surface area contributed by atoms with Crippen LogP contribution in [0.4, 0.5) is 0 Å². The lowest BCUT2D eigenvalue weighted by Gasteiger charge is -2.24. The predicted molar refractivity (Wildman–Crippen MR) is 76.2 cm³/mol. The molecule has 0 fully saturated rings. The van der Waals surface area contributed by atoms with E-state index in [9.17, 15) is 13.2 Å². The van der Waals surface area contributed by atoms with E-state index in [0.29, 0.717) is 5.75 Å². The Labute approximate surface area is 124 Å². The third kappa shape index (κ3) is 3.45. The molecular formula is C13H19NO6S. The Morgan fingerprint density at radius 1 is 1.33 bits per heavy atom. The van der Waals surface area contributed by atoms with Gasteiger partial charge in [-0.2, -0.15) is 4.31 Å². The number of ether oxygens (including phenoxy) is 2. The third-order valence-corrected chi connectivity index (χ3v) is 5.03.